The predicted octanol–water partition coefficient (Wildman–Crippen LogP) is 6.59. The first-order chi connectivity index (χ1) is 9.66. The summed E-state index contributed by atoms with van der Waals surface area (Å²) in [4.78, 5) is 0. The monoisotopic (exact) mass is 477 g/mol. The average Bonchev–Trinajstić information content (AvgIpc) is 2.77. The molecule has 0 fully saturated rings. The molecule has 2 rings (SSSR count). The summed E-state index contributed by atoms with van der Waals surface area (Å²) in [7, 11) is 13.4. The van der Waals surface area contributed by atoms with E-state index in [-0.39, 0.29) is 3.17 Å². The minimum atomic E-state index is -2.64. The molecular formula is C17H23Cl2Hf. The Balaban J connectivity index is 2.44. The van der Waals surface area contributed by atoms with Crippen LogP contribution in [0.1, 0.15) is 63.5 Å². The average molecular weight is 477 g/mol. The number of unbranched alkanes of at least 4 members (excludes halogenated alkanes) is 2. The molecule has 0 spiro atoms. The maximum absolute atomic E-state index is 6.72. The van der Waals surface area contributed by atoms with E-state index >= 15 is 0 Å². The second kappa shape index (κ2) is 7.61. The Kier molecular flexibility index (Phi) is 6.38. The van der Waals surface area contributed by atoms with Crippen LogP contribution in [0.4, 0.5) is 0 Å². The molecule has 0 aliphatic heterocycles. The number of rotatable bonds is 7. The number of hydrogen-bond acceptors (Lipinski definition) is 0. The fourth-order valence-corrected chi connectivity index (χ4v) is 12.8. The number of fused-ring (bicyclic) bond motifs is 1. The summed E-state index contributed by atoms with van der Waals surface area (Å²) >= 11 is -2.64. The van der Waals surface area contributed by atoms with Crippen LogP contribution in [0.5, 0.6) is 0 Å². The van der Waals surface area contributed by atoms with Crippen LogP contribution in [0.25, 0.3) is 6.08 Å². The molecule has 0 saturated heterocycles. The SMILES string of the molecule is CCCCC1=Cc2ccccc2[C]1(CCCC)[Hf]([Cl])[Cl]. The molecular weight excluding hydrogens is 454 g/mol. The molecule has 0 bridgehead atoms. The van der Waals surface area contributed by atoms with Crippen molar-refractivity contribution in [1.82, 2.24) is 0 Å². The first-order valence-corrected chi connectivity index (χ1v) is 18.4. The summed E-state index contributed by atoms with van der Waals surface area (Å²) in [5.74, 6) is 0. The van der Waals surface area contributed by atoms with Crippen LogP contribution in [-0.2, 0) is 22.2 Å². The standard InChI is InChI=1S/C17H23.2ClH.Hf/c1-3-5-9-14-13-15-10-7-8-12-17(15)16(14)11-6-4-2;;;/h7-8,10,12-13H,3-6,9,11H2,1-2H3;2*1H;/q;;;+2/p-2. The van der Waals surface area contributed by atoms with Gasteiger partial charge >= 0.3 is 139 Å². The van der Waals surface area contributed by atoms with Crippen molar-refractivity contribution in [3.05, 3.63) is 41.0 Å². The molecule has 0 amide bonds. The summed E-state index contributed by atoms with van der Waals surface area (Å²) < 4.78 is 0.0511. The third-order valence-corrected chi connectivity index (χ3v) is 14.9. The van der Waals surface area contributed by atoms with Crippen molar-refractivity contribution in [2.45, 2.75) is 55.5 Å². The van der Waals surface area contributed by atoms with Gasteiger partial charge in [0.1, 0.15) is 0 Å². The summed E-state index contributed by atoms with van der Waals surface area (Å²) in [6.45, 7) is 4.50. The van der Waals surface area contributed by atoms with Crippen molar-refractivity contribution in [3.8, 4) is 0 Å². The van der Waals surface area contributed by atoms with Gasteiger partial charge in [-0.25, -0.2) is 0 Å². The molecule has 0 heterocycles. The molecule has 0 radical (unpaired) electrons. The zero-order chi connectivity index (χ0) is 14.6. The molecule has 20 heavy (non-hydrogen) atoms. The summed E-state index contributed by atoms with van der Waals surface area (Å²) in [6.07, 6.45) is 9.57. The van der Waals surface area contributed by atoms with Gasteiger partial charge in [-0.1, -0.05) is 0 Å². The second-order valence-electron chi connectivity index (χ2n) is 5.63. The quantitative estimate of drug-likeness (QED) is 0.390. The van der Waals surface area contributed by atoms with Gasteiger partial charge in [-0.15, -0.1) is 0 Å². The van der Waals surface area contributed by atoms with E-state index < -0.39 is 19.1 Å². The topological polar surface area (TPSA) is 0 Å². The first kappa shape index (κ1) is 16.8. The van der Waals surface area contributed by atoms with E-state index in [2.05, 4.69) is 44.2 Å². The van der Waals surface area contributed by atoms with Crippen LogP contribution in [0.3, 0.4) is 0 Å². The molecule has 109 valence electrons. The second-order valence-corrected chi connectivity index (χ2v) is 18.3. The number of halogens is 2. The Hall–Kier alpha value is 0.410. The molecule has 1 atom stereocenters. The van der Waals surface area contributed by atoms with E-state index in [0.29, 0.717) is 0 Å². The molecule has 0 N–H and O–H groups in total. The predicted molar refractivity (Wildman–Crippen MR) is 86.9 cm³/mol. The van der Waals surface area contributed by atoms with E-state index in [1.54, 1.807) is 0 Å². The van der Waals surface area contributed by atoms with Gasteiger partial charge in [0, 0.05) is 0 Å². The Morgan fingerprint density at radius 1 is 1.05 bits per heavy atom. The van der Waals surface area contributed by atoms with E-state index in [1.807, 2.05) is 0 Å². The fourth-order valence-electron chi connectivity index (χ4n) is 3.20. The van der Waals surface area contributed by atoms with Crippen molar-refractivity contribution < 1.29 is 19.1 Å². The van der Waals surface area contributed by atoms with E-state index in [4.69, 9.17) is 17.2 Å². The third-order valence-electron chi connectivity index (χ3n) is 4.33. The Morgan fingerprint density at radius 2 is 1.75 bits per heavy atom. The Bertz CT molecular complexity index is 482. The molecule has 1 aliphatic carbocycles. The van der Waals surface area contributed by atoms with Gasteiger partial charge < -0.3 is 0 Å². The van der Waals surface area contributed by atoms with E-state index in [1.165, 1.54) is 42.4 Å². The summed E-state index contributed by atoms with van der Waals surface area (Å²) in [6, 6.07) is 8.74. The van der Waals surface area contributed by atoms with Gasteiger partial charge in [0.15, 0.2) is 0 Å². The number of hydrogen-bond donors (Lipinski definition) is 0. The van der Waals surface area contributed by atoms with Gasteiger partial charge in [-0.05, 0) is 0 Å². The fraction of sp³-hybridized carbons (Fsp3) is 0.529. The van der Waals surface area contributed by atoms with Gasteiger partial charge in [-0.2, -0.15) is 0 Å². The van der Waals surface area contributed by atoms with Crippen LogP contribution in [0, 0.1) is 0 Å². The van der Waals surface area contributed by atoms with Crippen LogP contribution < -0.4 is 0 Å². The maximum atomic E-state index is 6.72. The van der Waals surface area contributed by atoms with E-state index in [9.17, 15) is 0 Å². The molecule has 1 aromatic carbocycles. The number of benzene rings is 1. The first-order valence-electron chi connectivity index (χ1n) is 7.65. The molecule has 1 aromatic rings. The van der Waals surface area contributed by atoms with Crippen LogP contribution >= 0.6 is 17.2 Å². The Labute approximate surface area is 138 Å². The van der Waals surface area contributed by atoms with Gasteiger partial charge in [-0.3, -0.25) is 0 Å². The molecule has 1 aliphatic rings. The Morgan fingerprint density at radius 3 is 2.40 bits per heavy atom. The molecule has 0 nitrogen and oxygen atoms in total. The van der Waals surface area contributed by atoms with E-state index in [0.717, 1.165) is 12.8 Å². The molecule has 3 heteroatoms. The van der Waals surface area contributed by atoms with Crippen LogP contribution in [0.15, 0.2) is 29.8 Å². The molecule has 0 aromatic heterocycles. The summed E-state index contributed by atoms with van der Waals surface area (Å²) in [5, 5.41) is 0. The van der Waals surface area contributed by atoms with Gasteiger partial charge in [0.25, 0.3) is 0 Å². The van der Waals surface area contributed by atoms with Crippen LogP contribution in [-0.4, -0.2) is 0 Å². The zero-order valence-corrected chi connectivity index (χ0v) is 17.5. The minimum absolute atomic E-state index is 0.0511. The molecule has 0 saturated carbocycles. The van der Waals surface area contributed by atoms with Crippen molar-refractivity contribution in [2.24, 2.45) is 0 Å². The normalized spacial score (nSPS) is 20.7. The van der Waals surface area contributed by atoms with Crippen molar-refractivity contribution >= 4 is 23.2 Å². The van der Waals surface area contributed by atoms with Gasteiger partial charge in [0.2, 0.25) is 0 Å². The van der Waals surface area contributed by atoms with Crippen molar-refractivity contribution in [1.29, 1.82) is 0 Å². The van der Waals surface area contributed by atoms with Crippen molar-refractivity contribution in [3.63, 3.8) is 0 Å². The van der Waals surface area contributed by atoms with Gasteiger partial charge in [0.05, 0.1) is 0 Å². The molecule has 1 unspecified atom stereocenters. The zero-order valence-electron chi connectivity index (χ0n) is 12.4. The van der Waals surface area contributed by atoms with Crippen LogP contribution in [0.2, 0.25) is 0 Å². The third kappa shape index (κ3) is 3.10. The number of allylic oxidation sites excluding steroid dienone is 1. The van der Waals surface area contributed by atoms with Crippen molar-refractivity contribution in [2.75, 3.05) is 0 Å². The summed E-state index contributed by atoms with van der Waals surface area (Å²) in [5.41, 5.74) is 4.31.